The number of nitrogens with zero attached hydrogens (tertiary/aromatic N) is 4. The number of nitrogens with two attached hydrogens (primary N) is 1. The maximum absolute atomic E-state index is 13.0. The number of benzene rings is 1. The molecule has 26 nitrogen and oxygen atoms in total. The molecule has 1 aromatic carbocycles. The highest BCUT2D eigenvalue weighted by molar-refractivity contribution is 6.12. The van der Waals surface area contributed by atoms with E-state index >= 15 is 0 Å². The highest BCUT2D eigenvalue weighted by atomic mass is 16.6. The number of hydrogen-bond donors (Lipinski definition) is 5. The Balaban J connectivity index is 0.829. The van der Waals surface area contributed by atoms with Gasteiger partial charge in [0.2, 0.25) is 23.6 Å². The number of amides is 6. The first-order chi connectivity index (χ1) is 38.0. The van der Waals surface area contributed by atoms with E-state index in [9.17, 15) is 33.6 Å². The van der Waals surface area contributed by atoms with Crippen molar-refractivity contribution < 1.29 is 80.9 Å². The Hall–Kier alpha value is -5.81. The van der Waals surface area contributed by atoms with Crippen LogP contribution in [0, 0.1) is 11.8 Å². The molecule has 1 saturated carbocycles. The van der Waals surface area contributed by atoms with Crippen molar-refractivity contribution >= 4 is 47.1 Å². The van der Waals surface area contributed by atoms with Gasteiger partial charge in [-0.1, -0.05) is 17.3 Å². The van der Waals surface area contributed by atoms with Gasteiger partial charge in [0, 0.05) is 43.8 Å². The lowest BCUT2D eigenvalue weighted by Gasteiger charge is -2.29. The van der Waals surface area contributed by atoms with E-state index in [4.69, 9.17) is 53.1 Å². The number of carbonyl (C=O) groups excluding carboxylic acids is 7. The van der Waals surface area contributed by atoms with Crippen LogP contribution in [0.4, 0.5) is 5.69 Å². The molecule has 0 saturated heterocycles. The fourth-order valence-corrected chi connectivity index (χ4v) is 7.77. The Morgan fingerprint density at radius 3 is 1.76 bits per heavy atom. The van der Waals surface area contributed by atoms with Crippen molar-refractivity contribution in [2.45, 2.75) is 77.6 Å². The molecule has 4 rings (SSSR count). The number of hydrogen-bond acceptors (Lipinski definition) is 20. The summed E-state index contributed by atoms with van der Waals surface area (Å²) in [6, 6.07) is 5.95. The lowest BCUT2D eigenvalue weighted by atomic mass is 9.81. The van der Waals surface area contributed by atoms with E-state index in [1.54, 1.807) is 35.1 Å². The minimum atomic E-state index is -0.841. The minimum absolute atomic E-state index is 0.0212. The van der Waals surface area contributed by atoms with Crippen LogP contribution in [-0.2, 0) is 101 Å². The van der Waals surface area contributed by atoms with Gasteiger partial charge in [-0.3, -0.25) is 38.5 Å². The van der Waals surface area contributed by atoms with Crippen LogP contribution in [0.1, 0.15) is 63.1 Å². The maximum atomic E-state index is 13.0. The van der Waals surface area contributed by atoms with Gasteiger partial charge in [-0.2, -0.15) is 0 Å². The van der Waals surface area contributed by atoms with Crippen LogP contribution < -0.4 is 27.0 Å². The predicted octanol–water partition coefficient (Wildman–Crippen LogP) is 0.207. The largest absolute Gasteiger partial charge is 0.461 e. The number of imide groups is 1. The number of nitrogens with one attached hydrogen (secondary N) is 4. The lowest BCUT2D eigenvalue weighted by molar-refractivity contribution is -0.142. The molecule has 0 unspecified atom stereocenters. The third-order valence-corrected chi connectivity index (χ3v) is 12.0. The highest BCUT2D eigenvalue weighted by Gasteiger charge is 2.31. The van der Waals surface area contributed by atoms with Crippen molar-refractivity contribution in [2.24, 2.45) is 17.6 Å². The zero-order chi connectivity index (χ0) is 55.8. The smallest absolute Gasteiger partial charge is 0.302 e. The van der Waals surface area contributed by atoms with E-state index in [1.807, 2.05) is 0 Å². The summed E-state index contributed by atoms with van der Waals surface area (Å²) >= 11 is 0. The van der Waals surface area contributed by atoms with Gasteiger partial charge in [0.05, 0.1) is 125 Å². The molecule has 1 atom stereocenters. The fourth-order valence-electron chi connectivity index (χ4n) is 7.77. The molecule has 1 fully saturated rings. The Labute approximate surface area is 455 Å². The third-order valence-electron chi connectivity index (χ3n) is 12.0. The van der Waals surface area contributed by atoms with Crippen molar-refractivity contribution in [2.75, 3.05) is 144 Å². The number of anilines is 1. The summed E-state index contributed by atoms with van der Waals surface area (Å²) in [5.41, 5.74) is 7.53. The van der Waals surface area contributed by atoms with Gasteiger partial charge in [-0.15, -0.1) is 5.10 Å². The topological polar surface area (TPSA) is 320 Å². The molecular weight excluding hydrogens is 1020 g/mol. The van der Waals surface area contributed by atoms with Crippen molar-refractivity contribution in [3.05, 3.63) is 53.9 Å². The maximum Gasteiger partial charge on any atom is 0.302 e. The van der Waals surface area contributed by atoms with E-state index in [0.717, 1.165) is 18.4 Å². The average Bonchev–Trinajstić information content (AvgIpc) is 4.03. The van der Waals surface area contributed by atoms with Crippen molar-refractivity contribution in [1.29, 1.82) is 0 Å². The van der Waals surface area contributed by atoms with Gasteiger partial charge >= 0.3 is 5.97 Å². The van der Waals surface area contributed by atoms with Crippen molar-refractivity contribution in [3.63, 3.8) is 0 Å². The summed E-state index contributed by atoms with van der Waals surface area (Å²) in [7, 11) is 0. The summed E-state index contributed by atoms with van der Waals surface area (Å²) in [4.78, 5) is 86.5. The first kappa shape index (κ1) is 64.7. The molecule has 0 bridgehead atoms. The first-order valence-corrected chi connectivity index (χ1v) is 26.7. The molecule has 1 aliphatic carbocycles. The van der Waals surface area contributed by atoms with Crippen LogP contribution in [0.25, 0.3) is 0 Å². The summed E-state index contributed by atoms with van der Waals surface area (Å²) < 4.78 is 56.1. The standard InChI is InChI=1S/C52H81N9O17/c1-40(62)78-37-42-7-11-44(12-8-42)56-52(68)46(4-2-3-15-53)57-48(64)39-77-38-47(63)54-16-18-69-20-22-71-24-26-73-28-30-75-32-33-76-31-29-74-27-25-72-23-21-70-19-17-60-36-45(58-59-60)34-55-51(67)43-9-5-41(6-10-43)35-61-49(65)13-14-50(61)66/h7-8,11-14,36,41,43,46H,2-6,9-10,15-35,37-39,53H2,1H3,(H,54,63)(H,55,67)(H,56,68)(H,57,64)/t41?,43?,46-/m0/s1. The molecule has 2 aliphatic rings. The number of carbonyl (C=O) groups is 7. The molecule has 78 heavy (non-hydrogen) atoms. The Bertz CT molecular complexity index is 2070. The van der Waals surface area contributed by atoms with Crippen LogP contribution in [0.2, 0.25) is 0 Å². The Morgan fingerprint density at radius 2 is 1.21 bits per heavy atom. The molecule has 26 heteroatoms. The number of rotatable bonds is 45. The van der Waals surface area contributed by atoms with Gasteiger partial charge in [0.1, 0.15) is 31.6 Å². The molecular formula is C52H81N9O17. The molecule has 6 amide bonds. The second kappa shape index (κ2) is 40.4. The first-order valence-electron chi connectivity index (χ1n) is 26.7. The second-order valence-electron chi connectivity index (χ2n) is 18.1. The van der Waals surface area contributed by atoms with Crippen LogP contribution in [0.3, 0.4) is 0 Å². The summed E-state index contributed by atoms with van der Waals surface area (Å²) in [6.07, 6.45) is 9.05. The normalized spacial score (nSPS) is 15.6. The van der Waals surface area contributed by atoms with Crippen LogP contribution in [0.15, 0.2) is 42.6 Å². The van der Waals surface area contributed by atoms with E-state index in [0.29, 0.717) is 162 Å². The molecule has 0 radical (unpaired) electrons. The number of unbranched alkanes of at least 4 members (excludes halogenated alkanes) is 1. The molecule has 2 aromatic rings. The monoisotopic (exact) mass is 1100 g/mol. The Morgan fingerprint density at radius 1 is 0.667 bits per heavy atom. The molecule has 2 heterocycles. The number of aromatic nitrogens is 3. The van der Waals surface area contributed by atoms with Crippen LogP contribution >= 0.6 is 0 Å². The highest BCUT2D eigenvalue weighted by Crippen LogP contribution is 2.30. The van der Waals surface area contributed by atoms with E-state index in [1.165, 1.54) is 24.0 Å². The van der Waals surface area contributed by atoms with E-state index in [2.05, 4.69) is 31.6 Å². The number of esters is 1. The fraction of sp³-hybridized carbons (Fsp3) is 0.673. The van der Waals surface area contributed by atoms with Gasteiger partial charge in [-0.25, -0.2) is 4.68 Å². The molecule has 6 N–H and O–H groups in total. The molecule has 436 valence electrons. The molecule has 0 spiro atoms. The van der Waals surface area contributed by atoms with Gasteiger partial charge in [-0.05, 0) is 75.1 Å². The van der Waals surface area contributed by atoms with Gasteiger partial charge in [0.25, 0.3) is 11.8 Å². The summed E-state index contributed by atoms with van der Waals surface area (Å²) in [6.45, 7) is 9.01. The van der Waals surface area contributed by atoms with Crippen molar-refractivity contribution in [1.82, 2.24) is 35.8 Å². The lowest BCUT2D eigenvalue weighted by Crippen LogP contribution is -2.45. The minimum Gasteiger partial charge on any atom is -0.461 e. The van der Waals surface area contributed by atoms with Crippen LogP contribution in [-0.4, -0.2) is 206 Å². The molecule has 1 aliphatic heterocycles. The van der Waals surface area contributed by atoms with Crippen molar-refractivity contribution in [3.8, 4) is 0 Å². The van der Waals surface area contributed by atoms with Gasteiger partial charge in [0.15, 0.2) is 0 Å². The van der Waals surface area contributed by atoms with E-state index < -0.39 is 36.3 Å². The summed E-state index contributed by atoms with van der Waals surface area (Å²) in [5.74, 6) is -2.21. The predicted molar refractivity (Wildman–Crippen MR) is 279 cm³/mol. The second-order valence-corrected chi connectivity index (χ2v) is 18.1. The van der Waals surface area contributed by atoms with Gasteiger partial charge < -0.3 is 74.4 Å². The number of ether oxygens (including phenoxy) is 10. The Kier molecular flexibility index (Phi) is 33.5. The average molecular weight is 1100 g/mol. The van der Waals surface area contributed by atoms with E-state index in [-0.39, 0.29) is 62.5 Å². The zero-order valence-corrected chi connectivity index (χ0v) is 45.0. The summed E-state index contributed by atoms with van der Waals surface area (Å²) in [5, 5.41) is 19.3. The van der Waals surface area contributed by atoms with Crippen LogP contribution in [0.5, 0.6) is 0 Å². The third kappa shape index (κ3) is 29.2. The quantitative estimate of drug-likeness (QED) is 0.0336. The SMILES string of the molecule is CC(=O)OCc1ccc(NC(=O)[C@H](CCCCN)NC(=O)COCC(=O)NCCOCCOCCOCCOCCOCCOCCOCCOCCn2cc(CNC(=O)C3CCC(CN4C(=O)C=CC4=O)CC3)nn2)cc1. The zero-order valence-electron chi connectivity index (χ0n) is 45.0. The molecule has 1 aromatic heterocycles.